The van der Waals surface area contributed by atoms with Gasteiger partial charge in [0.15, 0.2) is 0 Å². The van der Waals surface area contributed by atoms with Crippen LogP contribution >= 0.6 is 0 Å². The predicted molar refractivity (Wildman–Crippen MR) is 141 cm³/mol. The second-order valence-corrected chi connectivity index (χ2v) is 10.6. The van der Waals surface area contributed by atoms with Gasteiger partial charge in [-0.05, 0) is 79.5 Å². The summed E-state index contributed by atoms with van der Waals surface area (Å²) < 4.78 is 2.08. The lowest BCUT2D eigenvalue weighted by molar-refractivity contribution is -0.137. The number of amides is 1. The first-order valence-electron chi connectivity index (χ1n) is 13.2. The average Bonchev–Trinajstić information content (AvgIpc) is 3.52. The third kappa shape index (κ3) is 4.14. The van der Waals surface area contributed by atoms with Gasteiger partial charge in [-0.2, -0.15) is 0 Å². The summed E-state index contributed by atoms with van der Waals surface area (Å²) in [6, 6.07) is 11.2. The first-order valence-corrected chi connectivity index (χ1v) is 13.2. The molecule has 2 aliphatic heterocycles. The molecule has 1 aromatic carbocycles. The lowest BCUT2D eigenvalue weighted by Crippen LogP contribution is -2.45. The molecular weight excluding hydrogens is 434 g/mol. The molecule has 6 rings (SSSR count). The molecular formula is C29H35N5O. The summed E-state index contributed by atoms with van der Waals surface area (Å²) in [6.07, 6.45) is 10.2. The van der Waals surface area contributed by atoms with Gasteiger partial charge in [0.1, 0.15) is 5.65 Å². The van der Waals surface area contributed by atoms with Crippen LogP contribution in [-0.2, 0) is 4.79 Å². The van der Waals surface area contributed by atoms with Crippen molar-refractivity contribution >= 4 is 22.5 Å². The number of aromatic nitrogens is 3. The molecule has 6 nitrogen and oxygen atoms in total. The summed E-state index contributed by atoms with van der Waals surface area (Å²) in [5.74, 6) is 1.44. The molecule has 1 unspecified atom stereocenters. The normalized spacial score (nSPS) is 19.7. The van der Waals surface area contributed by atoms with Crippen LogP contribution < -0.4 is 5.32 Å². The van der Waals surface area contributed by atoms with Crippen LogP contribution in [0.4, 0.5) is 0 Å². The highest BCUT2D eigenvalue weighted by atomic mass is 16.2. The van der Waals surface area contributed by atoms with E-state index in [9.17, 15) is 4.79 Å². The molecule has 2 N–H and O–H groups in total. The quantitative estimate of drug-likeness (QED) is 0.426. The van der Waals surface area contributed by atoms with Crippen molar-refractivity contribution in [2.45, 2.75) is 51.4 Å². The van der Waals surface area contributed by atoms with E-state index < -0.39 is 0 Å². The molecule has 0 radical (unpaired) electrons. The summed E-state index contributed by atoms with van der Waals surface area (Å²) in [5, 5.41) is 4.71. The number of fused-ring (bicyclic) bond motifs is 2. The maximum atomic E-state index is 13.0. The minimum atomic E-state index is 0.171. The molecule has 1 amide bonds. The van der Waals surface area contributed by atoms with E-state index in [4.69, 9.17) is 0 Å². The van der Waals surface area contributed by atoms with E-state index >= 15 is 0 Å². The van der Waals surface area contributed by atoms with Crippen molar-refractivity contribution < 1.29 is 4.79 Å². The molecule has 2 saturated heterocycles. The number of aromatic amines is 1. The first-order chi connectivity index (χ1) is 17.1. The highest BCUT2D eigenvalue weighted by molar-refractivity contribution is 5.92. The Morgan fingerprint density at radius 1 is 1.11 bits per heavy atom. The molecule has 0 bridgehead atoms. The number of nitrogens with one attached hydrogen (secondary N) is 2. The lowest BCUT2D eigenvalue weighted by atomic mass is 9.87. The van der Waals surface area contributed by atoms with Gasteiger partial charge in [0.2, 0.25) is 5.91 Å². The number of imidazole rings is 1. The maximum absolute atomic E-state index is 13.0. The molecule has 0 aliphatic carbocycles. The number of H-pyrrole nitrogens is 1. The van der Waals surface area contributed by atoms with Gasteiger partial charge in [-0.3, -0.25) is 4.79 Å². The number of hydrogen-bond donors (Lipinski definition) is 2. The number of nitrogens with zero attached hydrogens (tertiary/aromatic N) is 3. The second kappa shape index (κ2) is 9.15. The Balaban J connectivity index is 1.26. The van der Waals surface area contributed by atoms with E-state index in [0.717, 1.165) is 57.5 Å². The fraction of sp³-hybridized carbons (Fsp3) is 0.448. The number of carbonyl (C=O) groups is 1. The predicted octanol–water partition coefficient (Wildman–Crippen LogP) is 5.31. The number of carbonyl (C=O) groups excluding carboxylic acids is 1. The van der Waals surface area contributed by atoms with Crippen LogP contribution in [0, 0.1) is 5.92 Å². The Labute approximate surface area is 206 Å². The minimum Gasteiger partial charge on any atom is -0.354 e. The van der Waals surface area contributed by atoms with Gasteiger partial charge in [0.05, 0.1) is 11.6 Å². The topological polar surface area (TPSA) is 65.4 Å². The summed E-state index contributed by atoms with van der Waals surface area (Å²) in [6.45, 7) is 8.19. The van der Waals surface area contributed by atoms with Crippen molar-refractivity contribution in [3.05, 3.63) is 60.0 Å². The minimum absolute atomic E-state index is 0.171. The third-order valence-corrected chi connectivity index (χ3v) is 8.04. The first kappa shape index (κ1) is 22.4. The fourth-order valence-corrected chi connectivity index (χ4v) is 6.13. The van der Waals surface area contributed by atoms with Crippen LogP contribution in [0.25, 0.3) is 27.8 Å². The van der Waals surface area contributed by atoms with Crippen LogP contribution in [0.1, 0.15) is 62.5 Å². The molecule has 3 aromatic heterocycles. The lowest BCUT2D eigenvalue weighted by Gasteiger charge is -2.35. The number of likely N-dealkylation sites (tertiary alicyclic amines) is 1. The number of benzene rings is 1. The van der Waals surface area contributed by atoms with E-state index in [1.165, 1.54) is 33.3 Å². The molecule has 35 heavy (non-hydrogen) atoms. The van der Waals surface area contributed by atoms with E-state index in [1.54, 1.807) is 0 Å². The zero-order chi connectivity index (χ0) is 23.9. The van der Waals surface area contributed by atoms with Gasteiger partial charge in [0.25, 0.3) is 0 Å². The third-order valence-electron chi connectivity index (χ3n) is 8.04. The Bertz CT molecular complexity index is 1350. The van der Waals surface area contributed by atoms with E-state index in [-0.39, 0.29) is 5.92 Å². The molecule has 1 atom stereocenters. The Kier molecular flexibility index (Phi) is 5.85. The average molecular weight is 470 g/mol. The Morgan fingerprint density at radius 2 is 1.97 bits per heavy atom. The fourth-order valence-electron chi connectivity index (χ4n) is 6.13. The molecule has 0 saturated carbocycles. The number of pyridine rings is 1. The monoisotopic (exact) mass is 469 g/mol. The van der Waals surface area contributed by atoms with Crippen molar-refractivity contribution in [1.29, 1.82) is 0 Å². The van der Waals surface area contributed by atoms with E-state index in [0.29, 0.717) is 17.7 Å². The smallest absolute Gasteiger partial charge is 0.226 e. The van der Waals surface area contributed by atoms with E-state index in [2.05, 4.69) is 75.0 Å². The van der Waals surface area contributed by atoms with Crippen molar-refractivity contribution in [3.63, 3.8) is 0 Å². The van der Waals surface area contributed by atoms with Gasteiger partial charge in [-0.15, -0.1) is 0 Å². The second-order valence-electron chi connectivity index (χ2n) is 10.6. The van der Waals surface area contributed by atoms with Gasteiger partial charge < -0.3 is 19.6 Å². The summed E-state index contributed by atoms with van der Waals surface area (Å²) in [5.41, 5.74) is 7.31. The van der Waals surface area contributed by atoms with E-state index in [1.807, 2.05) is 12.4 Å². The van der Waals surface area contributed by atoms with Crippen molar-refractivity contribution in [1.82, 2.24) is 24.6 Å². The van der Waals surface area contributed by atoms with Crippen LogP contribution in [0.2, 0.25) is 0 Å². The molecule has 0 spiro atoms. The highest BCUT2D eigenvalue weighted by Crippen LogP contribution is 2.38. The zero-order valence-electron chi connectivity index (χ0n) is 20.8. The Hall–Kier alpha value is -3.12. The zero-order valence-corrected chi connectivity index (χ0v) is 20.8. The van der Waals surface area contributed by atoms with Gasteiger partial charge in [0, 0.05) is 54.7 Å². The number of hydrogen-bond acceptors (Lipinski definition) is 3. The van der Waals surface area contributed by atoms with Gasteiger partial charge >= 0.3 is 0 Å². The maximum Gasteiger partial charge on any atom is 0.226 e. The highest BCUT2D eigenvalue weighted by Gasteiger charge is 2.30. The summed E-state index contributed by atoms with van der Waals surface area (Å²) >= 11 is 0. The molecule has 2 fully saturated rings. The number of piperidine rings is 2. The SMILES string of the molecule is CC(C)c1c(-c2ccc3nccn3c2)[nH]c2ccc(C3CCN(C(=O)C4CCCNC4)CC3)cc12. The molecule has 6 heteroatoms. The van der Waals surface area contributed by atoms with Gasteiger partial charge in [-0.1, -0.05) is 19.9 Å². The Morgan fingerprint density at radius 3 is 2.74 bits per heavy atom. The molecule has 4 aromatic rings. The molecule has 182 valence electrons. The van der Waals surface area contributed by atoms with Crippen LogP contribution in [-0.4, -0.2) is 51.4 Å². The largest absolute Gasteiger partial charge is 0.354 e. The van der Waals surface area contributed by atoms with Crippen molar-refractivity contribution in [2.75, 3.05) is 26.2 Å². The van der Waals surface area contributed by atoms with Crippen molar-refractivity contribution in [2.24, 2.45) is 5.92 Å². The van der Waals surface area contributed by atoms with Crippen LogP contribution in [0.15, 0.2) is 48.9 Å². The standard InChI is InChI=1S/C29H35N5O/c1-19(2)27-24-16-21(20-9-13-33(14-10-20)29(35)22-4-3-11-30-17-22)5-7-25(24)32-28(27)23-6-8-26-31-12-15-34(26)18-23/h5-8,12,15-16,18-20,22,30,32H,3-4,9-11,13-14,17H2,1-2H3. The van der Waals surface area contributed by atoms with Crippen LogP contribution in [0.3, 0.4) is 0 Å². The van der Waals surface area contributed by atoms with Crippen LogP contribution in [0.5, 0.6) is 0 Å². The molecule has 2 aliphatic rings. The van der Waals surface area contributed by atoms with Crippen molar-refractivity contribution in [3.8, 4) is 11.3 Å². The summed E-state index contributed by atoms with van der Waals surface area (Å²) in [4.78, 5) is 23.2. The molecule has 5 heterocycles. The van der Waals surface area contributed by atoms with Gasteiger partial charge in [-0.25, -0.2) is 4.98 Å². The number of rotatable bonds is 4. The summed E-state index contributed by atoms with van der Waals surface area (Å²) in [7, 11) is 0.